The standard InChI is InChI=1S/C25H42O4/c1-5-21(27)23-19(24(3)13-10-17(26)11-14-24)12-15-25(4)18(7-8-20(23)25)16(2)6-9-22(28)29/h16-20,23,26H,5-15H2,1-4H3,(H,28,29)/t16-,17-,18-,19?,20?,23?,24+,25-/m1/s1. The minimum absolute atomic E-state index is 0.149. The Hall–Kier alpha value is -0.900. The number of fused-ring (bicyclic) bond motifs is 1. The molecule has 0 spiro atoms. The van der Waals surface area contributed by atoms with Crippen molar-refractivity contribution in [3.8, 4) is 0 Å². The Morgan fingerprint density at radius 2 is 1.66 bits per heavy atom. The fraction of sp³-hybridized carbons (Fsp3) is 0.920. The summed E-state index contributed by atoms with van der Waals surface area (Å²) in [7, 11) is 0. The van der Waals surface area contributed by atoms with Gasteiger partial charge in [0.2, 0.25) is 0 Å². The first kappa shape index (κ1) is 22.8. The summed E-state index contributed by atoms with van der Waals surface area (Å²) in [5.41, 5.74) is 0.331. The number of Topliss-reactive ketones (excluding diaryl/α,β-unsaturated/α-hetero) is 1. The smallest absolute Gasteiger partial charge is 0.303 e. The summed E-state index contributed by atoms with van der Waals surface area (Å²) >= 11 is 0. The lowest BCUT2D eigenvalue weighted by Crippen LogP contribution is -2.51. The largest absolute Gasteiger partial charge is 0.481 e. The van der Waals surface area contributed by atoms with E-state index in [0.29, 0.717) is 35.9 Å². The number of carbonyl (C=O) groups excluding carboxylic acids is 1. The minimum atomic E-state index is -0.702. The SMILES string of the molecule is CCC(=O)C1C2CC[C@H]([C@H](C)CCC(=O)O)[C@@]2(C)CCC1[C@]1(C)CC[C@H](O)CC1. The zero-order valence-electron chi connectivity index (χ0n) is 19.0. The molecule has 0 bridgehead atoms. The molecule has 3 fully saturated rings. The van der Waals surface area contributed by atoms with Crippen molar-refractivity contribution in [1.82, 2.24) is 0 Å². The first-order valence-corrected chi connectivity index (χ1v) is 12.0. The van der Waals surface area contributed by atoms with E-state index in [2.05, 4.69) is 20.8 Å². The van der Waals surface area contributed by atoms with Gasteiger partial charge >= 0.3 is 5.97 Å². The Labute approximate surface area is 176 Å². The molecule has 0 aromatic rings. The highest BCUT2D eigenvalue weighted by atomic mass is 16.4. The van der Waals surface area contributed by atoms with Crippen LogP contribution in [0.25, 0.3) is 0 Å². The first-order chi connectivity index (χ1) is 13.6. The molecule has 3 saturated carbocycles. The molecule has 4 heteroatoms. The lowest BCUT2D eigenvalue weighted by atomic mass is 9.49. The van der Waals surface area contributed by atoms with Crippen LogP contribution in [-0.4, -0.2) is 28.1 Å². The van der Waals surface area contributed by atoms with Gasteiger partial charge in [0.15, 0.2) is 0 Å². The normalized spacial score (nSPS) is 43.6. The van der Waals surface area contributed by atoms with Crippen molar-refractivity contribution in [2.45, 2.75) is 104 Å². The van der Waals surface area contributed by atoms with Crippen LogP contribution in [0.1, 0.15) is 98.3 Å². The van der Waals surface area contributed by atoms with Crippen LogP contribution in [0.2, 0.25) is 0 Å². The molecule has 0 heterocycles. The van der Waals surface area contributed by atoms with Crippen molar-refractivity contribution in [1.29, 1.82) is 0 Å². The zero-order chi connectivity index (χ0) is 21.4. The van der Waals surface area contributed by atoms with Crippen LogP contribution in [0, 0.1) is 40.4 Å². The van der Waals surface area contributed by atoms with Crippen molar-refractivity contribution < 1.29 is 19.8 Å². The fourth-order valence-corrected chi connectivity index (χ4v) is 7.77. The highest BCUT2D eigenvalue weighted by Crippen LogP contribution is 2.64. The summed E-state index contributed by atoms with van der Waals surface area (Å²) in [6.07, 6.45) is 9.78. The second-order valence-corrected chi connectivity index (χ2v) is 11.1. The van der Waals surface area contributed by atoms with Crippen LogP contribution in [0.5, 0.6) is 0 Å². The summed E-state index contributed by atoms with van der Waals surface area (Å²) in [6, 6.07) is 0. The van der Waals surface area contributed by atoms with Crippen molar-refractivity contribution in [3.05, 3.63) is 0 Å². The minimum Gasteiger partial charge on any atom is -0.481 e. The average molecular weight is 407 g/mol. The Morgan fingerprint density at radius 3 is 2.24 bits per heavy atom. The van der Waals surface area contributed by atoms with E-state index in [4.69, 9.17) is 5.11 Å². The van der Waals surface area contributed by atoms with E-state index in [0.717, 1.165) is 57.8 Å². The van der Waals surface area contributed by atoms with Gasteiger partial charge in [-0.25, -0.2) is 0 Å². The monoisotopic (exact) mass is 406 g/mol. The van der Waals surface area contributed by atoms with E-state index >= 15 is 0 Å². The van der Waals surface area contributed by atoms with Crippen molar-refractivity contribution in [3.63, 3.8) is 0 Å². The second-order valence-electron chi connectivity index (χ2n) is 11.1. The van der Waals surface area contributed by atoms with Gasteiger partial charge in [-0.15, -0.1) is 0 Å². The number of aliphatic hydroxyl groups is 1. The molecule has 3 rings (SSSR count). The number of rotatable bonds is 7. The van der Waals surface area contributed by atoms with Gasteiger partial charge in [-0.2, -0.15) is 0 Å². The Bertz CT molecular complexity index is 606. The van der Waals surface area contributed by atoms with E-state index in [1.54, 1.807) is 0 Å². The number of hydrogen-bond donors (Lipinski definition) is 2. The van der Waals surface area contributed by atoms with Gasteiger partial charge in [0.25, 0.3) is 0 Å². The van der Waals surface area contributed by atoms with E-state index in [1.807, 2.05) is 6.92 Å². The van der Waals surface area contributed by atoms with E-state index in [9.17, 15) is 14.7 Å². The molecule has 0 aliphatic heterocycles. The molecule has 0 radical (unpaired) electrons. The van der Waals surface area contributed by atoms with Crippen molar-refractivity contribution in [2.75, 3.05) is 0 Å². The Balaban J connectivity index is 1.83. The Morgan fingerprint density at radius 1 is 1.00 bits per heavy atom. The highest BCUT2D eigenvalue weighted by Gasteiger charge is 2.59. The first-order valence-electron chi connectivity index (χ1n) is 12.0. The molecular formula is C25H42O4. The van der Waals surface area contributed by atoms with E-state index < -0.39 is 5.97 Å². The van der Waals surface area contributed by atoms with Gasteiger partial charge < -0.3 is 10.2 Å². The summed E-state index contributed by atoms with van der Waals surface area (Å²) in [6.45, 7) is 9.03. The predicted molar refractivity (Wildman–Crippen MR) is 114 cm³/mol. The molecule has 0 amide bonds. The van der Waals surface area contributed by atoms with Crippen LogP contribution in [0.15, 0.2) is 0 Å². The average Bonchev–Trinajstić information content (AvgIpc) is 3.04. The number of carboxylic acid groups (broad SMARTS) is 1. The topological polar surface area (TPSA) is 74.6 Å². The number of aliphatic hydroxyl groups excluding tert-OH is 1. The molecule has 3 unspecified atom stereocenters. The third-order valence-corrected chi connectivity index (χ3v) is 9.56. The van der Waals surface area contributed by atoms with Gasteiger partial charge in [-0.05, 0) is 92.3 Å². The molecule has 0 aromatic heterocycles. The highest BCUT2D eigenvalue weighted by molar-refractivity contribution is 5.81. The molecule has 166 valence electrons. The van der Waals surface area contributed by atoms with Gasteiger partial charge in [0, 0.05) is 18.8 Å². The predicted octanol–water partition coefficient (Wildman–Crippen LogP) is 5.47. The maximum absolute atomic E-state index is 13.3. The molecule has 0 saturated heterocycles. The van der Waals surface area contributed by atoms with E-state index in [1.165, 1.54) is 0 Å². The van der Waals surface area contributed by atoms with Crippen LogP contribution in [0.4, 0.5) is 0 Å². The molecule has 3 aliphatic rings. The van der Waals surface area contributed by atoms with Gasteiger partial charge in [0.1, 0.15) is 5.78 Å². The van der Waals surface area contributed by atoms with Crippen molar-refractivity contribution >= 4 is 11.8 Å². The van der Waals surface area contributed by atoms with Gasteiger partial charge in [0.05, 0.1) is 6.10 Å². The molecule has 3 aliphatic carbocycles. The molecule has 4 nitrogen and oxygen atoms in total. The second kappa shape index (κ2) is 8.69. The van der Waals surface area contributed by atoms with Crippen LogP contribution in [-0.2, 0) is 9.59 Å². The number of hydrogen-bond acceptors (Lipinski definition) is 3. The quantitative estimate of drug-likeness (QED) is 0.588. The van der Waals surface area contributed by atoms with Crippen LogP contribution in [0.3, 0.4) is 0 Å². The number of carboxylic acids is 1. The molecule has 0 aromatic carbocycles. The molecule has 29 heavy (non-hydrogen) atoms. The van der Waals surface area contributed by atoms with Crippen molar-refractivity contribution in [2.24, 2.45) is 40.4 Å². The zero-order valence-corrected chi connectivity index (χ0v) is 19.0. The maximum atomic E-state index is 13.3. The third-order valence-electron chi connectivity index (χ3n) is 9.56. The van der Waals surface area contributed by atoms with Gasteiger partial charge in [-0.1, -0.05) is 27.7 Å². The third kappa shape index (κ3) is 4.29. The van der Waals surface area contributed by atoms with E-state index in [-0.39, 0.29) is 29.3 Å². The number of aliphatic carboxylic acids is 1. The Kier molecular flexibility index (Phi) is 6.82. The maximum Gasteiger partial charge on any atom is 0.303 e. The molecule has 6 atom stereocenters. The lowest BCUT2D eigenvalue weighted by Gasteiger charge is -2.55. The molecule has 2 N–H and O–H groups in total. The number of carbonyl (C=O) groups is 2. The summed E-state index contributed by atoms with van der Waals surface area (Å²) in [5, 5.41) is 19.1. The summed E-state index contributed by atoms with van der Waals surface area (Å²) in [4.78, 5) is 24.4. The fourth-order valence-electron chi connectivity index (χ4n) is 7.77. The summed E-state index contributed by atoms with van der Waals surface area (Å²) < 4.78 is 0. The molecular weight excluding hydrogens is 364 g/mol. The van der Waals surface area contributed by atoms with Crippen LogP contribution >= 0.6 is 0 Å². The summed E-state index contributed by atoms with van der Waals surface area (Å²) in [5.74, 6) is 1.69. The number of ketones is 1. The lowest BCUT2D eigenvalue weighted by molar-refractivity contribution is -0.139. The van der Waals surface area contributed by atoms with Gasteiger partial charge in [-0.3, -0.25) is 9.59 Å². The van der Waals surface area contributed by atoms with Crippen LogP contribution < -0.4 is 0 Å².